The third-order valence-corrected chi connectivity index (χ3v) is 3.83. The Balaban J connectivity index is 2.52. The van der Waals surface area contributed by atoms with Crippen LogP contribution in [-0.4, -0.2) is 55.0 Å². The Morgan fingerprint density at radius 2 is 2.12 bits per heavy atom. The number of carbonyl (C=O) groups is 1. The van der Waals surface area contributed by atoms with E-state index in [4.69, 9.17) is 4.74 Å². The molecule has 0 bridgehead atoms. The molecule has 0 aromatic carbocycles. The second-order valence-electron chi connectivity index (χ2n) is 5.45. The summed E-state index contributed by atoms with van der Waals surface area (Å²) in [7, 11) is 3.35. The molecule has 0 saturated heterocycles. The standard InChI is InChI=1S/C12H24N2O3/c1-6-17-9-7-12(16,11(9,2)3)8-13-10(15)14(4)5/h9,16H,6-8H2,1-5H3,(H,13,15)/t9-,12+/m1/s1. The number of aliphatic hydroxyl groups is 1. The molecule has 0 heterocycles. The van der Waals surface area contributed by atoms with E-state index in [9.17, 15) is 9.90 Å². The predicted octanol–water partition coefficient (Wildman–Crippen LogP) is 0.824. The van der Waals surface area contributed by atoms with Crippen LogP contribution in [0.1, 0.15) is 27.2 Å². The fourth-order valence-electron chi connectivity index (χ4n) is 2.14. The van der Waals surface area contributed by atoms with Gasteiger partial charge in [0.2, 0.25) is 0 Å². The third-order valence-electron chi connectivity index (χ3n) is 3.83. The van der Waals surface area contributed by atoms with Crippen molar-refractivity contribution in [3.8, 4) is 0 Å². The van der Waals surface area contributed by atoms with Gasteiger partial charge in [0.15, 0.2) is 0 Å². The Morgan fingerprint density at radius 3 is 2.53 bits per heavy atom. The van der Waals surface area contributed by atoms with Crippen molar-refractivity contribution in [2.75, 3.05) is 27.2 Å². The van der Waals surface area contributed by atoms with Crippen LogP contribution in [0.25, 0.3) is 0 Å². The predicted molar refractivity (Wildman–Crippen MR) is 65.8 cm³/mol. The van der Waals surface area contributed by atoms with Crippen LogP contribution in [0, 0.1) is 5.41 Å². The molecular weight excluding hydrogens is 220 g/mol. The van der Waals surface area contributed by atoms with Crippen molar-refractivity contribution in [1.29, 1.82) is 0 Å². The molecule has 5 nitrogen and oxygen atoms in total. The fraction of sp³-hybridized carbons (Fsp3) is 0.917. The van der Waals surface area contributed by atoms with Crippen LogP contribution >= 0.6 is 0 Å². The van der Waals surface area contributed by atoms with E-state index < -0.39 is 5.60 Å². The Hall–Kier alpha value is -0.810. The average molecular weight is 244 g/mol. The van der Waals surface area contributed by atoms with E-state index in [0.717, 1.165) is 0 Å². The van der Waals surface area contributed by atoms with E-state index in [1.807, 2.05) is 20.8 Å². The van der Waals surface area contributed by atoms with Crippen molar-refractivity contribution >= 4 is 6.03 Å². The molecule has 2 N–H and O–H groups in total. The monoisotopic (exact) mass is 244 g/mol. The molecule has 0 radical (unpaired) electrons. The Kier molecular flexibility index (Phi) is 4.04. The minimum absolute atomic E-state index is 0.0637. The maximum absolute atomic E-state index is 11.4. The lowest BCUT2D eigenvalue weighted by atomic mass is 9.56. The van der Waals surface area contributed by atoms with Crippen molar-refractivity contribution in [3.63, 3.8) is 0 Å². The van der Waals surface area contributed by atoms with Gasteiger partial charge >= 0.3 is 6.03 Å². The molecule has 1 aliphatic rings. The lowest BCUT2D eigenvalue weighted by Gasteiger charge is -2.57. The molecule has 17 heavy (non-hydrogen) atoms. The van der Waals surface area contributed by atoms with Gasteiger partial charge in [-0.2, -0.15) is 0 Å². The molecular formula is C12H24N2O3. The average Bonchev–Trinajstić information content (AvgIpc) is 2.25. The van der Waals surface area contributed by atoms with Gasteiger partial charge in [-0.05, 0) is 6.92 Å². The number of rotatable bonds is 4. The smallest absolute Gasteiger partial charge is 0.316 e. The highest BCUT2D eigenvalue weighted by Crippen LogP contribution is 2.50. The fourth-order valence-corrected chi connectivity index (χ4v) is 2.14. The minimum atomic E-state index is -0.876. The summed E-state index contributed by atoms with van der Waals surface area (Å²) >= 11 is 0. The molecule has 1 saturated carbocycles. The van der Waals surface area contributed by atoms with Gasteiger partial charge in [0.25, 0.3) is 0 Å². The topological polar surface area (TPSA) is 61.8 Å². The molecule has 1 rings (SSSR count). The molecule has 0 unspecified atom stereocenters. The van der Waals surface area contributed by atoms with E-state index in [0.29, 0.717) is 13.0 Å². The van der Waals surface area contributed by atoms with Gasteiger partial charge < -0.3 is 20.1 Å². The largest absolute Gasteiger partial charge is 0.387 e. The molecule has 2 amide bonds. The van der Waals surface area contributed by atoms with Crippen molar-refractivity contribution in [2.24, 2.45) is 5.41 Å². The number of nitrogens with one attached hydrogen (secondary N) is 1. The second kappa shape index (κ2) is 4.82. The zero-order chi connectivity index (χ0) is 13.3. The van der Waals surface area contributed by atoms with Gasteiger partial charge in [-0.3, -0.25) is 0 Å². The third kappa shape index (κ3) is 2.55. The molecule has 2 atom stereocenters. The van der Waals surface area contributed by atoms with E-state index in [2.05, 4.69) is 5.32 Å². The number of amides is 2. The lowest BCUT2D eigenvalue weighted by molar-refractivity contribution is -0.237. The second-order valence-corrected chi connectivity index (χ2v) is 5.45. The number of nitrogens with zero attached hydrogens (tertiary/aromatic N) is 1. The van der Waals surface area contributed by atoms with E-state index in [1.165, 1.54) is 4.90 Å². The summed E-state index contributed by atoms with van der Waals surface area (Å²) in [5.41, 5.74) is -1.21. The van der Waals surface area contributed by atoms with Crippen LogP contribution in [0.4, 0.5) is 4.79 Å². The number of urea groups is 1. The summed E-state index contributed by atoms with van der Waals surface area (Å²) in [4.78, 5) is 12.9. The lowest BCUT2D eigenvalue weighted by Crippen LogP contribution is -2.69. The summed E-state index contributed by atoms with van der Waals surface area (Å²) in [5, 5.41) is 13.2. The van der Waals surface area contributed by atoms with E-state index in [1.54, 1.807) is 14.1 Å². The molecule has 0 aromatic rings. The highest BCUT2D eigenvalue weighted by atomic mass is 16.5. The highest BCUT2D eigenvalue weighted by Gasteiger charge is 2.59. The van der Waals surface area contributed by atoms with Crippen LogP contribution in [0.5, 0.6) is 0 Å². The molecule has 0 aromatic heterocycles. The first-order valence-corrected chi connectivity index (χ1v) is 6.03. The normalized spacial score (nSPS) is 30.6. The highest BCUT2D eigenvalue weighted by molar-refractivity contribution is 5.73. The number of hydrogen-bond acceptors (Lipinski definition) is 3. The maximum Gasteiger partial charge on any atom is 0.316 e. The molecule has 5 heteroatoms. The molecule has 1 fully saturated rings. The van der Waals surface area contributed by atoms with Crippen LogP contribution in [0.3, 0.4) is 0 Å². The Labute approximate surface area is 103 Å². The van der Waals surface area contributed by atoms with E-state index in [-0.39, 0.29) is 24.1 Å². The van der Waals surface area contributed by atoms with Crippen molar-refractivity contribution in [3.05, 3.63) is 0 Å². The maximum atomic E-state index is 11.4. The van der Waals surface area contributed by atoms with Gasteiger partial charge in [-0.15, -0.1) is 0 Å². The zero-order valence-corrected chi connectivity index (χ0v) is 11.4. The van der Waals surface area contributed by atoms with E-state index >= 15 is 0 Å². The molecule has 0 aliphatic heterocycles. The first kappa shape index (κ1) is 14.3. The zero-order valence-electron chi connectivity index (χ0n) is 11.4. The van der Waals surface area contributed by atoms with Gasteiger partial charge in [0.05, 0.1) is 11.7 Å². The summed E-state index contributed by atoms with van der Waals surface area (Å²) < 4.78 is 5.56. The number of carbonyl (C=O) groups excluding carboxylic acids is 1. The summed E-state index contributed by atoms with van der Waals surface area (Å²) in [6, 6.07) is -0.186. The van der Waals surface area contributed by atoms with Crippen LogP contribution in [0.2, 0.25) is 0 Å². The van der Waals surface area contributed by atoms with Gasteiger partial charge in [0, 0.05) is 39.1 Å². The summed E-state index contributed by atoms with van der Waals surface area (Å²) in [6.45, 7) is 6.80. The molecule has 100 valence electrons. The van der Waals surface area contributed by atoms with Crippen LogP contribution in [0.15, 0.2) is 0 Å². The summed E-state index contributed by atoms with van der Waals surface area (Å²) in [5.74, 6) is 0. The SMILES string of the molecule is CCO[C@@H]1C[C@](O)(CNC(=O)N(C)C)C1(C)C. The van der Waals surface area contributed by atoms with Crippen LogP contribution < -0.4 is 5.32 Å². The number of hydrogen-bond donors (Lipinski definition) is 2. The first-order chi connectivity index (χ1) is 7.74. The van der Waals surface area contributed by atoms with Crippen LogP contribution in [-0.2, 0) is 4.74 Å². The Morgan fingerprint density at radius 1 is 1.53 bits per heavy atom. The summed E-state index contributed by atoms with van der Waals surface area (Å²) in [6.07, 6.45) is 0.635. The minimum Gasteiger partial charge on any atom is -0.387 e. The Bertz CT molecular complexity index is 291. The van der Waals surface area contributed by atoms with Crippen molar-refractivity contribution < 1.29 is 14.6 Å². The van der Waals surface area contributed by atoms with Crippen molar-refractivity contribution in [1.82, 2.24) is 10.2 Å². The molecule has 0 spiro atoms. The first-order valence-electron chi connectivity index (χ1n) is 6.03. The van der Waals surface area contributed by atoms with Gasteiger partial charge in [0.1, 0.15) is 0 Å². The van der Waals surface area contributed by atoms with Crippen molar-refractivity contribution in [2.45, 2.75) is 38.9 Å². The number of ether oxygens (including phenoxy) is 1. The molecule has 1 aliphatic carbocycles. The quantitative estimate of drug-likeness (QED) is 0.770. The van der Waals surface area contributed by atoms with Gasteiger partial charge in [-0.25, -0.2) is 4.79 Å². The van der Waals surface area contributed by atoms with Gasteiger partial charge in [-0.1, -0.05) is 13.8 Å².